The third kappa shape index (κ3) is 2.01. The van der Waals surface area contributed by atoms with E-state index in [0.717, 1.165) is 28.2 Å². The topological polar surface area (TPSA) is 50.7 Å². The molecule has 0 unspecified atom stereocenters. The first-order valence-electron chi connectivity index (χ1n) is 6.86. The second kappa shape index (κ2) is 4.63. The van der Waals surface area contributed by atoms with Gasteiger partial charge in [-0.1, -0.05) is 12.1 Å². The lowest BCUT2D eigenvalue weighted by Gasteiger charge is -2.06. The van der Waals surface area contributed by atoms with Gasteiger partial charge in [-0.15, -0.1) is 11.3 Å². The molecule has 0 saturated carbocycles. The molecule has 3 aromatic rings. The molecular weight excluding hydrogens is 280 g/mol. The Bertz CT molecular complexity index is 879. The summed E-state index contributed by atoms with van der Waals surface area (Å²) in [5, 5.41) is 4.09. The van der Waals surface area contributed by atoms with E-state index in [0.29, 0.717) is 5.95 Å². The minimum atomic E-state index is 0.678. The first-order chi connectivity index (χ1) is 10.2. The molecule has 4 rings (SSSR count). The van der Waals surface area contributed by atoms with Crippen molar-refractivity contribution in [3.8, 4) is 0 Å². The molecule has 1 aromatic carbocycles. The first kappa shape index (κ1) is 12.5. The number of aryl methyl sites for hydroxylation is 1. The third-order valence-corrected chi connectivity index (χ3v) is 4.62. The van der Waals surface area contributed by atoms with Crippen LogP contribution in [-0.4, -0.2) is 22.0 Å². The molecule has 1 N–H and O–H groups in total. The van der Waals surface area contributed by atoms with Gasteiger partial charge < -0.3 is 5.32 Å². The molecule has 0 saturated heterocycles. The molecule has 0 fully saturated rings. The molecule has 21 heavy (non-hydrogen) atoms. The second-order valence-electron chi connectivity index (χ2n) is 5.04. The molecule has 0 radical (unpaired) electrons. The highest BCUT2D eigenvalue weighted by Gasteiger charge is 2.18. The smallest absolute Gasteiger partial charge is 0.222 e. The van der Waals surface area contributed by atoms with Crippen molar-refractivity contribution in [3.63, 3.8) is 0 Å². The highest BCUT2D eigenvalue weighted by Crippen LogP contribution is 2.34. The van der Waals surface area contributed by atoms with Crippen molar-refractivity contribution in [2.75, 3.05) is 12.4 Å². The zero-order chi connectivity index (χ0) is 14.4. The first-order valence-corrected chi connectivity index (χ1v) is 7.68. The van der Waals surface area contributed by atoms with E-state index in [1.165, 1.54) is 15.8 Å². The maximum Gasteiger partial charge on any atom is 0.222 e. The summed E-state index contributed by atoms with van der Waals surface area (Å²) in [5.41, 5.74) is 5.73. The van der Waals surface area contributed by atoms with Gasteiger partial charge in [-0.2, -0.15) is 0 Å². The van der Waals surface area contributed by atoms with Crippen LogP contribution in [0.2, 0.25) is 0 Å². The van der Waals surface area contributed by atoms with Crippen LogP contribution in [0.15, 0.2) is 30.5 Å². The standard InChI is InChI=1S/C16H14N4S/c1-9-19-14-5-3-10(7-15(14)21-9)11-4-6-13-12(11)8-18-16(17-2)20-13/h3-5,7-8H,6H2,1-2H3,(H,17,18,20). The number of allylic oxidation sites excluding steroid dienone is 1. The van der Waals surface area contributed by atoms with Gasteiger partial charge in [0.25, 0.3) is 0 Å². The average molecular weight is 294 g/mol. The van der Waals surface area contributed by atoms with Crippen LogP contribution in [0.5, 0.6) is 0 Å². The predicted molar refractivity (Wildman–Crippen MR) is 86.7 cm³/mol. The van der Waals surface area contributed by atoms with E-state index in [-0.39, 0.29) is 0 Å². The van der Waals surface area contributed by atoms with Gasteiger partial charge in [0.15, 0.2) is 0 Å². The summed E-state index contributed by atoms with van der Waals surface area (Å²) in [6.45, 7) is 2.04. The highest BCUT2D eigenvalue weighted by atomic mass is 32.1. The van der Waals surface area contributed by atoms with Crippen LogP contribution in [0.3, 0.4) is 0 Å². The Hall–Kier alpha value is -2.27. The lowest BCUT2D eigenvalue weighted by Crippen LogP contribution is -2.00. The zero-order valence-corrected chi connectivity index (χ0v) is 12.7. The van der Waals surface area contributed by atoms with Gasteiger partial charge in [0.2, 0.25) is 5.95 Å². The van der Waals surface area contributed by atoms with Crippen LogP contribution in [0.4, 0.5) is 5.95 Å². The van der Waals surface area contributed by atoms with E-state index >= 15 is 0 Å². The van der Waals surface area contributed by atoms with Crippen LogP contribution < -0.4 is 5.32 Å². The average Bonchev–Trinajstić information content (AvgIpc) is 3.07. The fourth-order valence-corrected chi connectivity index (χ4v) is 3.57. The van der Waals surface area contributed by atoms with Gasteiger partial charge in [0.05, 0.1) is 20.9 Å². The van der Waals surface area contributed by atoms with Crippen molar-refractivity contribution in [3.05, 3.63) is 52.3 Å². The van der Waals surface area contributed by atoms with Gasteiger partial charge in [0.1, 0.15) is 0 Å². The normalized spacial score (nSPS) is 13.3. The minimum absolute atomic E-state index is 0.678. The lowest BCUT2D eigenvalue weighted by atomic mass is 10.0. The molecule has 1 aliphatic carbocycles. The number of nitrogens with one attached hydrogen (secondary N) is 1. The van der Waals surface area contributed by atoms with Crippen LogP contribution >= 0.6 is 11.3 Å². The maximum atomic E-state index is 4.53. The molecule has 104 valence electrons. The summed E-state index contributed by atoms with van der Waals surface area (Å²) < 4.78 is 1.23. The summed E-state index contributed by atoms with van der Waals surface area (Å²) in [5.74, 6) is 0.678. The molecule has 0 amide bonds. The van der Waals surface area contributed by atoms with Crippen LogP contribution in [-0.2, 0) is 6.42 Å². The number of anilines is 1. The van der Waals surface area contributed by atoms with Gasteiger partial charge in [-0.05, 0) is 30.2 Å². The van der Waals surface area contributed by atoms with E-state index in [4.69, 9.17) is 0 Å². The van der Waals surface area contributed by atoms with Gasteiger partial charge in [-0.25, -0.2) is 15.0 Å². The molecule has 5 heteroatoms. The van der Waals surface area contributed by atoms with Crippen molar-refractivity contribution in [2.24, 2.45) is 0 Å². The summed E-state index contributed by atoms with van der Waals surface area (Å²) >= 11 is 1.73. The molecule has 4 nitrogen and oxygen atoms in total. The van der Waals surface area contributed by atoms with E-state index in [1.54, 1.807) is 11.3 Å². The Morgan fingerprint density at radius 2 is 2.14 bits per heavy atom. The van der Waals surface area contributed by atoms with E-state index in [1.807, 2.05) is 20.2 Å². The molecule has 2 heterocycles. The Kier molecular flexibility index (Phi) is 2.75. The summed E-state index contributed by atoms with van der Waals surface area (Å²) in [6.07, 6.45) is 5.00. The van der Waals surface area contributed by atoms with Gasteiger partial charge >= 0.3 is 0 Å². The molecule has 0 atom stereocenters. The minimum Gasteiger partial charge on any atom is -0.357 e. The number of hydrogen-bond acceptors (Lipinski definition) is 5. The molecule has 2 aromatic heterocycles. The fraction of sp³-hybridized carbons (Fsp3) is 0.188. The second-order valence-corrected chi connectivity index (χ2v) is 6.28. The van der Waals surface area contributed by atoms with Gasteiger partial charge in [0, 0.05) is 25.2 Å². The van der Waals surface area contributed by atoms with E-state index in [9.17, 15) is 0 Å². The van der Waals surface area contributed by atoms with Gasteiger partial charge in [-0.3, -0.25) is 0 Å². The Labute approximate surface area is 126 Å². The van der Waals surface area contributed by atoms with E-state index < -0.39 is 0 Å². The number of rotatable bonds is 2. The maximum absolute atomic E-state index is 4.53. The van der Waals surface area contributed by atoms with Crippen molar-refractivity contribution >= 4 is 33.1 Å². The predicted octanol–water partition coefficient (Wildman–Crippen LogP) is 3.42. The highest BCUT2D eigenvalue weighted by molar-refractivity contribution is 7.18. The molecular formula is C16H14N4S. The van der Waals surface area contributed by atoms with Crippen molar-refractivity contribution in [1.82, 2.24) is 15.0 Å². The SMILES string of the molecule is CNc1ncc2c(n1)CC=C2c1ccc2nc(C)sc2c1. The summed E-state index contributed by atoms with van der Waals surface area (Å²) in [4.78, 5) is 13.4. The Morgan fingerprint density at radius 1 is 1.24 bits per heavy atom. The Morgan fingerprint density at radius 3 is 3.00 bits per heavy atom. The number of aromatic nitrogens is 3. The van der Waals surface area contributed by atoms with E-state index in [2.05, 4.69) is 44.5 Å². The van der Waals surface area contributed by atoms with Crippen LogP contribution in [0.1, 0.15) is 21.8 Å². The third-order valence-electron chi connectivity index (χ3n) is 3.69. The molecule has 0 bridgehead atoms. The van der Waals surface area contributed by atoms with Crippen molar-refractivity contribution in [1.29, 1.82) is 0 Å². The zero-order valence-electron chi connectivity index (χ0n) is 11.8. The molecule has 0 spiro atoms. The number of benzene rings is 1. The fourth-order valence-electron chi connectivity index (χ4n) is 2.71. The number of hydrogen-bond donors (Lipinski definition) is 1. The largest absolute Gasteiger partial charge is 0.357 e. The lowest BCUT2D eigenvalue weighted by molar-refractivity contribution is 1.06. The quantitative estimate of drug-likeness (QED) is 0.787. The number of thiazole rings is 1. The number of fused-ring (bicyclic) bond motifs is 2. The van der Waals surface area contributed by atoms with Crippen LogP contribution in [0.25, 0.3) is 15.8 Å². The Balaban J connectivity index is 1.80. The molecule has 1 aliphatic rings. The summed E-state index contributed by atoms with van der Waals surface area (Å²) in [7, 11) is 1.84. The van der Waals surface area contributed by atoms with Crippen molar-refractivity contribution in [2.45, 2.75) is 13.3 Å². The molecule has 0 aliphatic heterocycles. The van der Waals surface area contributed by atoms with Crippen LogP contribution in [0, 0.1) is 6.92 Å². The van der Waals surface area contributed by atoms with Crippen molar-refractivity contribution < 1.29 is 0 Å². The number of nitrogens with zero attached hydrogens (tertiary/aromatic N) is 3. The monoisotopic (exact) mass is 294 g/mol. The summed E-state index contributed by atoms with van der Waals surface area (Å²) in [6, 6.07) is 6.44.